The number of aromatic nitrogens is 2. The number of nitrogens with zero attached hydrogens (tertiary/aromatic N) is 4. The SMILES string of the molecule is Cn1ncc(N2CCCC2)c(-c2ccccc2C=NO)c1=O. The van der Waals surface area contributed by atoms with Gasteiger partial charge in [0.05, 0.1) is 23.7 Å². The van der Waals surface area contributed by atoms with Crippen molar-refractivity contribution in [1.29, 1.82) is 0 Å². The maximum Gasteiger partial charge on any atom is 0.276 e. The van der Waals surface area contributed by atoms with Crippen molar-refractivity contribution in [2.24, 2.45) is 12.2 Å². The molecule has 1 N–H and O–H groups in total. The van der Waals surface area contributed by atoms with E-state index < -0.39 is 0 Å². The summed E-state index contributed by atoms with van der Waals surface area (Å²) in [4.78, 5) is 14.9. The Labute approximate surface area is 128 Å². The second kappa shape index (κ2) is 6.01. The molecule has 1 aromatic heterocycles. The molecule has 0 amide bonds. The molecule has 114 valence electrons. The Morgan fingerprint density at radius 3 is 2.73 bits per heavy atom. The van der Waals surface area contributed by atoms with E-state index in [1.807, 2.05) is 24.3 Å². The van der Waals surface area contributed by atoms with E-state index in [4.69, 9.17) is 5.21 Å². The fourth-order valence-electron chi connectivity index (χ4n) is 2.88. The van der Waals surface area contributed by atoms with Crippen molar-refractivity contribution in [2.45, 2.75) is 12.8 Å². The molecule has 1 aromatic carbocycles. The largest absolute Gasteiger partial charge is 0.411 e. The maximum absolute atomic E-state index is 12.7. The lowest BCUT2D eigenvalue weighted by Gasteiger charge is -2.21. The third kappa shape index (κ3) is 2.47. The van der Waals surface area contributed by atoms with Crippen molar-refractivity contribution in [3.05, 3.63) is 46.4 Å². The van der Waals surface area contributed by atoms with Gasteiger partial charge in [-0.05, 0) is 18.4 Å². The summed E-state index contributed by atoms with van der Waals surface area (Å²) in [5.74, 6) is 0. The van der Waals surface area contributed by atoms with E-state index in [0.29, 0.717) is 11.1 Å². The van der Waals surface area contributed by atoms with Crippen molar-refractivity contribution in [1.82, 2.24) is 9.78 Å². The molecule has 1 saturated heterocycles. The number of anilines is 1. The predicted molar refractivity (Wildman–Crippen MR) is 85.7 cm³/mol. The smallest absolute Gasteiger partial charge is 0.276 e. The van der Waals surface area contributed by atoms with E-state index in [0.717, 1.165) is 37.2 Å². The third-order valence-corrected chi connectivity index (χ3v) is 3.99. The first-order chi connectivity index (χ1) is 10.7. The lowest BCUT2D eigenvalue weighted by Crippen LogP contribution is -2.27. The average molecular weight is 298 g/mol. The van der Waals surface area contributed by atoms with Crippen molar-refractivity contribution in [3.63, 3.8) is 0 Å². The van der Waals surface area contributed by atoms with Crippen LogP contribution >= 0.6 is 0 Å². The van der Waals surface area contributed by atoms with Gasteiger partial charge in [0.15, 0.2) is 0 Å². The second-order valence-electron chi connectivity index (χ2n) is 5.36. The molecule has 6 heteroatoms. The molecule has 0 atom stereocenters. The van der Waals surface area contributed by atoms with Crippen molar-refractivity contribution >= 4 is 11.9 Å². The fraction of sp³-hybridized carbons (Fsp3) is 0.312. The maximum atomic E-state index is 12.7. The number of aryl methyl sites for hydroxylation is 1. The van der Waals surface area contributed by atoms with E-state index in [1.54, 1.807) is 13.2 Å². The van der Waals surface area contributed by atoms with Gasteiger partial charge in [-0.3, -0.25) is 4.79 Å². The number of benzene rings is 1. The first-order valence-corrected chi connectivity index (χ1v) is 7.30. The van der Waals surface area contributed by atoms with Crippen LogP contribution in [-0.4, -0.2) is 34.3 Å². The fourth-order valence-corrected chi connectivity index (χ4v) is 2.88. The molecule has 0 radical (unpaired) electrons. The van der Waals surface area contributed by atoms with E-state index >= 15 is 0 Å². The Balaban J connectivity index is 2.25. The Kier molecular flexibility index (Phi) is 3.91. The van der Waals surface area contributed by atoms with Crippen LogP contribution in [0.2, 0.25) is 0 Å². The third-order valence-electron chi connectivity index (χ3n) is 3.99. The molecule has 1 aliphatic rings. The van der Waals surface area contributed by atoms with Gasteiger partial charge in [0.1, 0.15) is 0 Å². The first-order valence-electron chi connectivity index (χ1n) is 7.30. The van der Waals surface area contributed by atoms with Gasteiger partial charge in [0, 0.05) is 25.7 Å². The van der Waals surface area contributed by atoms with Crippen LogP contribution in [0, 0.1) is 0 Å². The summed E-state index contributed by atoms with van der Waals surface area (Å²) in [6.07, 6.45) is 5.33. The molecule has 2 aromatic rings. The van der Waals surface area contributed by atoms with Crippen LogP contribution in [-0.2, 0) is 7.05 Å². The van der Waals surface area contributed by atoms with Gasteiger partial charge in [-0.1, -0.05) is 29.4 Å². The zero-order valence-electron chi connectivity index (χ0n) is 12.4. The summed E-state index contributed by atoms with van der Waals surface area (Å²) in [7, 11) is 1.64. The van der Waals surface area contributed by atoms with Gasteiger partial charge in [-0.15, -0.1) is 0 Å². The molecule has 22 heavy (non-hydrogen) atoms. The van der Waals surface area contributed by atoms with Crippen LogP contribution in [0.3, 0.4) is 0 Å². The first kappa shape index (κ1) is 14.3. The molecule has 0 bridgehead atoms. The van der Waals surface area contributed by atoms with Gasteiger partial charge in [0.25, 0.3) is 5.56 Å². The zero-order chi connectivity index (χ0) is 15.5. The number of rotatable bonds is 3. The van der Waals surface area contributed by atoms with Crippen LogP contribution in [0.5, 0.6) is 0 Å². The normalized spacial score (nSPS) is 14.9. The minimum Gasteiger partial charge on any atom is -0.411 e. The monoisotopic (exact) mass is 298 g/mol. The summed E-state index contributed by atoms with van der Waals surface area (Å²) in [6, 6.07) is 7.41. The molecular weight excluding hydrogens is 280 g/mol. The van der Waals surface area contributed by atoms with Crippen molar-refractivity contribution < 1.29 is 5.21 Å². The van der Waals surface area contributed by atoms with Crippen LogP contribution in [0.1, 0.15) is 18.4 Å². The highest BCUT2D eigenvalue weighted by Crippen LogP contribution is 2.31. The molecular formula is C16H18N4O2. The van der Waals surface area contributed by atoms with Gasteiger partial charge in [-0.25, -0.2) is 4.68 Å². The van der Waals surface area contributed by atoms with Crippen LogP contribution in [0.4, 0.5) is 5.69 Å². The Hall–Kier alpha value is -2.63. The van der Waals surface area contributed by atoms with Gasteiger partial charge in [0.2, 0.25) is 0 Å². The van der Waals surface area contributed by atoms with E-state index in [9.17, 15) is 4.79 Å². The molecule has 0 saturated carbocycles. The minimum atomic E-state index is -0.150. The van der Waals surface area contributed by atoms with E-state index in [1.165, 1.54) is 10.9 Å². The van der Waals surface area contributed by atoms with Crippen molar-refractivity contribution in [2.75, 3.05) is 18.0 Å². The molecule has 0 aliphatic carbocycles. The van der Waals surface area contributed by atoms with Gasteiger partial charge < -0.3 is 10.1 Å². The predicted octanol–water partition coefficient (Wildman–Crippen LogP) is 1.86. The topological polar surface area (TPSA) is 70.7 Å². The molecule has 0 spiro atoms. The molecule has 6 nitrogen and oxygen atoms in total. The molecule has 1 aliphatic heterocycles. The summed E-state index contributed by atoms with van der Waals surface area (Å²) in [5.41, 5.74) is 2.76. The quantitative estimate of drug-likeness (QED) is 0.533. The summed E-state index contributed by atoms with van der Waals surface area (Å²) in [5, 5.41) is 16.1. The van der Waals surface area contributed by atoms with Crippen molar-refractivity contribution in [3.8, 4) is 11.1 Å². The number of hydrogen-bond donors (Lipinski definition) is 1. The van der Waals surface area contributed by atoms with Gasteiger partial charge >= 0.3 is 0 Å². The lowest BCUT2D eigenvalue weighted by molar-refractivity contribution is 0.322. The lowest BCUT2D eigenvalue weighted by atomic mass is 10.00. The molecule has 2 heterocycles. The Bertz CT molecular complexity index is 761. The second-order valence-corrected chi connectivity index (χ2v) is 5.36. The number of oxime groups is 1. The molecule has 1 fully saturated rings. The highest BCUT2D eigenvalue weighted by molar-refractivity contribution is 5.93. The minimum absolute atomic E-state index is 0.150. The Morgan fingerprint density at radius 1 is 1.27 bits per heavy atom. The Morgan fingerprint density at radius 2 is 2.00 bits per heavy atom. The van der Waals surface area contributed by atoms with E-state index in [2.05, 4.69) is 15.2 Å². The van der Waals surface area contributed by atoms with Gasteiger partial charge in [-0.2, -0.15) is 5.10 Å². The zero-order valence-corrected chi connectivity index (χ0v) is 12.4. The van der Waals surface area contributed by atoms with Crippen LogP contribution in [0.15, 0.2) is 40.4 Å². The summed E-state index contributed by atoms with van der Waals surface area (Å²) < 4.78 is 1.34. The molecule has 3 rings (SSSR count). The van der Waals surface area contributed by atoms with E-state index in [-0.39, 0.29) is 5.56 Å². The standard InChI is InChI=1S/C16H18N4O2/c1-19-16(21)15(13-7-3-2-6-12(13)10-18-22)14(11-17-19)20-8-4-5-9-20/h2-3,6-7,10-11,22H,4-5,8-9H2,1H3. The highest BCUT2D eigenvalue weighted by Gasteiger charge is 2.21. The summed E-state index contributed by atoms with van der Waals surface area (Å²) in [6.45, 7) is 1.86. The highest BCUT2D eigenvalue weighted by atomic mass is 16.4. The molecule has 0 unspecified atom stereocenters. The van der Waals surface area contributed by atoms with Crippen LogP contribution in [0.25, 0.3) is 11.1 Å². The van der Waals surface area contributed by atoms with Crippen LogP contribution < -0.4 is 10.5 Å². The number of hydrogen-bond acceptors (Lipinski definition) is 5. The average Bonchev–Trinajstić information content (AvgIpc) is 3.05. The summed E-state index contributed by atoms with van der Waals surface area (Å²) >= 11 is 0.